The summed E-state index contributed by atoms with van der Waals surface area (Å²) < 4.78 is 13.0. The lowest BCUT2D eigenvalue weighted by atomic mass is 9.89. The molecule has 0 saturated heterocycles. The number of nitrogens with one attached hydrogen (secondary N) is 1. The van der Waals surface area contributed by atoms with Gasteiger partial charge < -0.3 is 14.8 Å². The number of benzene rings is 2. The van der Waals surface area contributed by atoms with E-state index in [1.54, 1.807) is 11.8 Å². The third kappa shape index (κ3) is 3.83. The summed E-state index contributed by atoms with van der Waals surface area (Å²) in [4.78, 5) is 13.0. The maximum Gasteiger partial charge on any atom is 0.272 e. The molecule has 0 radical (unpaired) electrons. The molecule has 0 spiro atoms. The fourth-order valence-electron chi connectivity index (χ4n) is 3.77. The minimum absolute atomic E-state index is 0.131. The van der Waals surface area contributed by atoms with E-state index >= 15 is 0 Å². The Bertz CT molecular complexity index is 1040. The van der Waals surface area contributed by atoms with Gasteiger partial charge in [0.15, 0.2) is 5.69 Å². The van der Waals surface area contributed by atoms with Gasteiger partial charge >= 0.3 is 0 Å². The van der Waals surface area contributed by atoms with Crippen molar-refractivity contribution in [1.29, 1.82) is 0 Å². The number of fused-ring (bicyclic) bond motifs is 1. The first-order chi connectivity index (χ1) is 13.9. The van der Waals surface area contributed by atoms with E-state index < -0.39 is 0 Å². The van der Waals surface area contributed by atoms with Gasteiger partial charge in [-0.05, 0) is 50.2 Å². The van der Waals surface area contributed by atoms with E-state index in [0.717, 1.165) is 28.3 Å². The van der Waals surface area contributed by atoms with Crippen molar-refractivity contribution in [2.24, 2.45) is 7.05 Å². The number of amides is 1. The first kappa shape index (κ1) is 19.1. The largest absolute Gasteiger partial charge is 0.497 e. The summed E-state index contributed by atoms with van der Waals surface area (Å²) in [6, 6.07) is 17.2. The topological polar surface area (TPSA) is 65.4 Å². The van der Waals surface area contributed by atoms with Crippen LogP contribution in [-0.2, 0) is 7.05 Å². The molecule has 1 aromatic heterocycles. The number of carbonyl (C=O) groups excluding carboxylic acids is 1. The van der Waals surface area contributed by atoms with Gasteiger partial charge in [-0.3, -0.25) is 9.48 Å². The molecule has 0 bridgehead atoms. The Hall–Kier alpha value is -3.28. The maximum absolute atomic E-state index is 13.0. The molecule has 1 aliphatic rings. The van der Waals surface area contributed by atoms with Gasteiger partial charge in [0.05, 0.1) is 18.8 Å². The predicted octanol–water partition coefficient (Wildman–Crippen LogP) is 4.13. The summed E-state index contributed by atoms with van der Waals surface area (Å²) in [6.45, 7) is 4.06. The summed E-state index contributed by atoms with van der Waals surface area (Å²) >= 11 is 0. The average molecular weight is 391 g/mol. The number of hydrogen-bond acceptors (Lipinski definition) is 4. The van der Waals surface area contributed by atoms with Crippen molar-refractivity contribution in [2.75, 3.05) is 7.11 Å². The first-order valence-corrected chi connectivity index (χ1v) is 9.63. The van der Waals surface area contributed by atoms with Gasteiger partial charge in [-0.15, -0.1) is 0 Å². The van der Waals surface area contributed by atoms with E-state index in [4.69, 9.17) is 9.47 Å². The van der Waals surface area contributed by atoms with E-state index in [1.807, 2.05) is 75.5 Å². The smallest absolute Gasteiger partial charge is 0.272 e. The molecule has 0 fully saturated rings. The van der Waals surface area contributed by atoms with E-state index in [-0.39, 0.29) is 17.6 Å². The zero-order chi connectivity index (χ0) is 20.6. The van der Waals surface area contributed by atoms with E-state index in [1.165, 1.54) is 0 Å². The van der Waals surface area contributed by atoms with Crippen molar-refractivity contribution in [3.05, 3.63) is 65.9 Å². The van der Waals surface area contributed by atoms with Gasteiger partial charge in [-0.25, -0.2) is 0 Å². The first-order valence-electron chi connectivity index (χ1n) is 9.63. The Balaban J connectivity index is 1.58. The van der Waals surface area contributed by atoms with Gasteiger partial charge in [0.2, 0.25) is 0 Å². The van der Waals surface area contributed by atoms with Crippen LogP contribution < -0.4 is 14.8 Å². The molecule has 6 heteroatoms. The summed E-state index contributed by atoms with van der Waals surface area (Å²) in [5.74, 6) is 1.40. The molecule has 0 saturated carbocycles. The quantitative estimate of drug-likeness (QED) is 0.726. The molecule has 1 atom stereocenters. The lowest BCUT2D eigenvalue weighted by Crippen LogP contribution is -2.41. The lowest BCUT2D eigenvalue weighted by Gasteiger charge is -2.37. The lowest BCUT2D eigenvalue weighted by molar-refractivity contribution is 0.0618. The second-order valence-electron chi connectivity index (χ2n) is 7.90. The van der Waals surface area contributed by atoms with Crippen molar-refractivity contribution in [3.8, 4) is 22.8 Å². The van der Waals surface area contributed by atoms with Crippen LogP contribution in [0.15, 0.2) is 54.6 Å². The fourth-order valence-corrected chi connectivity index (χ4v) is 3.77. The molecule has 6 nitrogen and oxygen atoms in total. The van der Waals surface area contributed by atoms with E-state index in [0.29, 0.717) is 12.1 Å². The summed E-state index contributed by atoms with van der Waals surface area (Å²) in [5, 5.41) is 7.57. The molecule has 3 aromatic rings. The van der Waals surface area contributed by atoms with Gasteiger partial charge in [0, 0.05) is 24.6 Å². The van der Waals surface area contributed by atoms with Gasteiger partial charge in [0.1, 0.15) is 17.1 Å². The molecule has 1 N–H and O–H groups in total. The molecule has 0 aliphatic carbocycles. The van der Waals surface area contributed by atoms with Crippen molar-refractivity contribution in [3.63, 3.8) is 0 Å². The SMILES string of the molecule is COc1ccc(-c2cc(C(=O)NC3CC(C)(C)Oc4ccccc43)nn2C)cc1. The Morgan fingerprint density at radius 2 is 1.93 bits per heavy atom. The number of nitrogens with zero attached hydrogens (tertiary/aromatic N) is 2. The van der Waals surface area contributed by atoms with Gasteiger partial charge in [0.25, 0.3) is 5.91 Å². The highest BCUT2D eigenvalue weighted by Crippen LogP contribution is 2.39. The maximum atomic E-state index is 13.0. The van der Waals surface area contributed by atoms with Crippen molar-refractivity contribution in [2.45, 2.75) is 31.9 Å². The normalized spacial score (nSPS) is 17.2. The minimum atomic E-state index is -0.356. The fraction of sp³-hybridized carbons (Fsp3) is 0.304. The Morgan fingerprint density at radius 1 is 1.21 bits per heavy atom. The number of carbonyl (C=O) groups is 1. The average Bonchev–Trinajstić information content (AvgIpc) is 3.09. The van der Waals surface area contributed by atoms with Crippen molar-refractivity contribution < 1.29 is 14.3 Å². The summed E-state index contributed by atoms with van der Waals surface area (Å²) in [7, 11) is 3.47. The molecule has 2 heterocycles. The Morgan fingerprint density at radius 3 is 2.66 bits per heavy atom. The van der Waals surface area contributed by atoms with Crippen LogP contribution in [0.4, 0.5) is 0 Å². The number of methoxy groups -OCH3 is 1. The zero-order valence-corrected chi connectivity index (χ0v) is 17.1. The van der Waals surface area contributed by atoms with Crippen LogP contribution in [0, 0.1) is 0 Å². The monoisotopic (exact) mass is 391 g/mol. The molecule has 150 valence electrons. The molecule has 2 aromatic carbocycles. The van der Waals surface area contributed by atoms with Crippen molar-refractivity contribution >= 4 is 5.91 Å². The Kier molecular flexibility index (Phi) is 4.78. The second-order valence-corrected chi connectivity index (χ2v) is 7.90. The molecular formula is C23H25N3O3. The predicted molar refractivity (Wildman–Crippen MR) is 111 cm³/mol. The summed E-state index contributed by atoms with van der Waals surface area (Å²) in [6.07, 6.45) is 0.688. The van der Waals surface area contributed by atoms with Gasteiger partial charge in [-0.2, -0.15) is 5.10 Å². The molecule has 1 unspecified atom stereocenters. The summed E-state index contributed by atoms with van der Waals surface area (Å²) in [5.41, 5.74) is 2.86. The third-order valence-electron chi connectivity index (χ3n) is 5.18. The highest BCUT2D eigenvalue weighted by atomic mass is 16.5. The molecule has 1 amide bonds. The van der Waals surface area contributed by atoms with Crippen LogP contribution in [0.1, 0.15) is 42.4 Å². The van der Waals surface area contributed by atoms with Crippen LogP contribution in [0.5, 0.6) is 11.5 Å². The van der Waals surface area contributed by atoms with Crippen LogP contribution in [0.2, 0.25) is 0 Å². The second kappa shape index (κ2) is 7.28. The van der Waals surface area contributed by atoms with Crippen LogP contribution in [0.25, 0.3) is 11.3 Å². The van der Waals surface area contributed by atoms with Gasteiger partial charge in [-0.1, -0.05) is 18.2 Å². The molecule has 29 heavy (non-hydrogen) atoms. The number of aryl methyl sites for hydroxylation is 1. The number of ether oxygens (including phenoxy) is 2. The highest BCUT2D eigenvalue weighted by molar-refractivity contribution is 5.93. The number of hydrogen-bond donors (Lipinski definition) is 1. The minimum Gasteiger partial charge on any atom is -0.497 e. The molecule has 4 rings (SSSR count). The number of rotatable bonds is 4. The molecular weight excluding hydrogens is 366 g/mol. The standard InChI is InChI=1S/C23H25N3O3/c1-23(2)14-19(17-7-5-6-8-21(17)29-23)24-22(27)18-13-20(26(3)25-18)15-9-11-16(28-4)12-10-15/h5-13,19H,14H2,1-4H3,(H,24,27). The number of aromatic nitrogens is 2. The zero-order valence-electron chi connectivity index (χ0n) is 17.1. The van der Waals surface area contributed by atoms with Crippen LogP contribution in [0.3, 0.4) is 0 Å². The highest BCUT2D eigenvalue weighted by Gasteiger charge is 2.34. The Labute approximate surface area is 170 Å². The van der Waals surface area contributed by atoms with Crippen LogP contribution >= 0.6 is 0 Å². The molecule has 1 aliphatic heterocycles. The van der Waals surface area contributed by atoms with E-state index in [2.05, 4.69) is 10.4 Å². The number of para-hydroxylation sites is 1. The third-order valence-corrected chi connectivity index (χ3v) is 5.18. The van der Waals surface area contributed by atoms with E-state index in [9.17, 15) is 4.79 Å². The van der Waals surface area contributed by atoms with Crippen LogP contribution in [-0.4, -0.2) is 28.4 Å². The van der Waals surface area contributed by atoms with Crippen molar-refractivity contribution in [1.82, 2.24) is 15.1 Å².